The Morgan fingerprint density at radius 2 is 2.14 bits per heavy atom. The van der Waals surface area contributed by atoms with Gasteiger partial charge in [0.2, 0.25) is 0 Å². The molecule has 0 saturated heterocycles. The molecule has 42 valence electrons. The minimum atomic E-state index is 0.836. The monoisotopic (exact) mass is 162 g/mol. The van der Waals surface area contributed by atoms with Gasteiger partial charge in [0.05, 0.1) is 0 Å². The van der Waals surface area contributed by atoms with E-state index in [0.29, 0.717) is 0 Å². The van der Waals surface area contributed by atoms with E-state index in [-0.39, 0.29) is 0 Å². The first-order chi connectivity index (χ1) is 3.29. The third-order valence-electron chi connectivity index (χ3n) is 1.63. The molecule has 1 heteroatoms. The predicted octanol–water partition coefficient (Wildman–Crippen LogP) is 2.57. The summed E-state index contributed by atoms with van der Waals surface area (Å²) in [5, 5.41) is 0. The summed E-state index contributed by atoms with van der Waals surface area (Å²) in [6, 6.07) is 0. The Hall–Kier alpha value is 0.480. The number of hydrogen-bond donors (Lipinski definition) is 0. The highest BCUT2D eigenvalue weighted by Crippen LogP contribution is 2.29. The first kappa shape index (κ1) is 5.61. The largest absolute Gasteiger partial charge is 0.0891 e. The van der Waals surface area contributed by atoms with Gasteiger partial charge in [-0.25, -0.2) is 0 Å². The number of rotatable bonds is 0. The fourth-order valence-electron chi connectivity index (χ4n) is 1.14. The van der Waals surface area contributed by atoms with Crippen LogP contribution in [-0.4, -0.2) is 4.83 Å². The molecule has 0 aromatic rings. The van der Waals surface area contributed by atoms with Gasteiger partial charge < -0.3 is 0 Å². The summed E-state index contributed by atoms with van der Waals surface area (Å²) in [7, 11) is 0. The van der Waals surface area contributed by atoms with Crippen LogP contribution in [0.25, 0.3) is 0 Å². The standard InChI is InChI=1S/C6H11Br/c1-5-2-3-6(7)4-5/h5-6H,2-4H2,1H3. The molecular formula is C6H11Br. The van der Waals surface area contributed by atoms with Crippen LogP contribution in [0.15, 0.2) is 0 Å². The molecule has 0 bridgehead atoms. The molecule has 0 aliphatic heterocycles. The average molecular weight is 163 g/mol. The minimum Gasteiger partial charge on any atom is -0.0891 e. The summed E-state index contributed by atoms with van der Waals surface area (Å²) in [4.78, 5) is 0.836. The van der Waals surface area contributed by atoms with Crippen LogP contribution in [0.2, 0.25) is 0 Å². The second kappa shape index (κ2) is 2.17. The molecule has 7 heavy (non-hydrogen) atoms. The molecule has 1 aliphatic carbocycles. The van der Waals surface area contributed by atoms with Crippen LogP contribution < -0.4 is 0 Å². The van der Waals surface area contributed by atoms with Crippen molar-refractivity contribution in [2.75, 3.05) is 0 Å². The highest BCUT2D eigenvalue weighted by Gasteiger charge is 2.17. The summed E-state index contributed by atoms with van der Waals surface area (Å²) < 4.78 is 0. The lowest BCUT2D eigenvalue weighted by atomic mass is 10.2. The smallest absolute Gasteiger partial charge is 0.0148 e. The van der Waals surface area contributed by atoms with E-state index in [9.17, 15) is 0 Å². The molecule has 2 unspecified atom stereocenters. The van der Waals surface area contributed by atoms with Gasteiger partial charge in [0.1, 0.15) is 0 Å². The first-order valence-electron chi connectivity index (χ1n) is 2.93. The molecule has 0 spiro atoms. The quantitative estimate of drug-likeness (QED) is 0.481. The van der Waals surface area contributed by atoms with Crippen molar-refractivity contribution in [2.24, 2.45) is 5.92 Å². The van der Waals surface area contributed by atoms with Gasteiger partial charge >= 0.3 is 0 Å². The first-order valence-corrected chi connectivity index (χ1v) is 3.84. The third kappa shape index (κ3) is 1.45. The van der Waals surface area contributed by atoms with E-state index in [1.165, 1.54) is 19.3 Å². The summed E-state index contributed by atoms with van der Waals surface area (Å²) in [6.45, 7) is 2.32. The zero-order valence-electron chi connectivity index (χ0n) is 4.65. The van der Waals surface area contributed by atoms with E-state index in [4.69, 9.17) is 0 Å². The Kier molecular flexibility index (Phi) is 1.74. The van der Waals surface area contributed by atoms with Crippen molar-refractivity contribution in [3.05, 3.63) is 0 Å². The number of halogens is 1. The Morgan fingerprint density at radius 3 is 2.29 bits per heavy atom. The number of alkyl halides is 1. The highest BCUT2D eigenvalue weighted by atomic mass is 79.9. The summed E-state index contributed by atoms with van der Waals surface area (Å²) in [6.07, 6.45) is 4.21. The van der Waals surface area contributed by atoms with Crippen molar-refractivity contribution in [3.8, 4) is 0 Å². The van der Waals surface area contributed by atoms with E-state index >= 15 is 0 Å². The number of hydrogen-bond acceptors (Lipinski definition) is 0. The molecule has 1 fully saturated rings. The van der Waals surface area contributed by atoms with Crippen molar-refractivity contribution in [1.82, 2.24) is 0 Å². The van der Waals surface area contributed by atoms with Crippen molar-refractivity contribution in [1.29, 1.82) is 0 Å². The van der Waals surface area contributed by atoms with Crippen LogP contribution in [0.4, 0.5) is 0 Å². The van der Waals surface area contributed by atoms with Crippen LogP contribution in [0.1, 0.15) is 26.2 Å². The van der Waals surface area contributed by atoms with Crippen LogP contribution >= 0.6 is 15.9 Å². The molecule has 0 nitrogen and oxygen atoms in total. The molecule has 0 radical (unpaired) electrons. The SMILES string of the molecule is CC1CCC(Br)C1. The van der Waals surface area contributed by atoms with Crippen molar-refractivity contribution in [3.63, 3.8) is 0 Å². The second-order valence-corrected chi connectivity index (χ2v) is 3.81. The highest BCUT2D eigenvalue weighted by molar-refractivity contribution is 9.09. The van der Waals surface area contributed by atoms with Crippen LogP contribution in [0, 0.1) is 5.92 Å². The van der Waals surface area contributed by atoms with E-state index in [1.54, 1.807) is 0 Å². The Balaban J connectivity index is 2.26. The second-order valence-electron chi connectivity index (χ2n) is 2.52. The molecule has 1 aliphatic rings. The Labute approximate surface area is 53.4 Å². The normalized spacial score (nSPS) is 42.0. The fraction of sp³-hybridized carbons (Fsp3) is 1.00. The van der Waals surface area contributed by atoms with Gasteiger partial charge in [-0.15, -0.1) is 0 Å². The van der Waals surface area contributed by atoms with Crippen LogP contribution in [0.5, 0.6) is 0 Å². The summed E-state index contributed by atoms with van der Waals surface area (Å²) >= 11 is 3.58. The topological polar surface area (TPSA) is 0 Å². The van der Waals surface area contributed by atoms with Crippen LogP contribution in [-0.2, 0) is 0 Å². The lowest BCUT2D eigenvalue weighted by Crippen LogP contribution is -1.87. The molecule has 0 amide bonds. The van der Waals surface area contributed by atoms with Gasteiger partial charge in [0.15, 0.2) is 0 Å². The Bertz CT molecular complexity index is 53.2. The van der Waals surface area contributed by atoms with Crippen molar-refractivity contribution >= 4 is 15.9 Å². The van der Waals surface area contributed by atoms with Gasteiger partial charge in [-0.2, -0.15) is 0 Å². The molecule has 1 rings (SSSR count). The zero-order chi connectivity index (χ0) is 5.28. The average Bonchev–Trinajstić information content (AvgIpc) is 1.87. The molecule has 0 aromatic heterocycles. The van der Waals surface area contributed by atoms with Gasteiger partial charge in [-0.3, -0.25) is 0 Å². The fourth-order valence-corrected chi connectivity index (χ4v) is 2.04. The lowest BCUT2D eigenvalue weighted by Gasteiger charge is -1.94. The maximum atomic E-state index is 3.58. The van der Waals surface area contributed by atoms with Crippen LogP contribution in [0.3, 0.4) is 0 Å². The molecule has 0 aromatic carbocycles. The van der Waals surface area contributed by atoms with E-state index in [1.807, 2.05) is 0 Å². The van der Waals surface area contributed by atoms with Gasteiger partial charge in [0, 0.05) is 4.83 Å². The molecule has 2 atom stereocenters. The lowest BCUT2D eigenvalue weighted by molar-refractivity contribution is 0.614. The molecule has 0 heterocycles. The summed E-state index contributed by atoms with van der Waals surface area (Å²) in [5.74, 6) is 0.976. The maximum Gasteiger partial charge on any atom is 0.0148 e. The van der Waals surface area contributed by atoms with Gasteiger partial charge in [-0.05, 0) is 25.2 Å². The summed E-state index contributed by atoms with van der Waals surface area (Å²) in [5.41, 5.74) is 0. The Morgan fingerprint density at radius 1 is 1.43 bits per heavy atom. The molecule has 0 N–H and O–H groups in total. The van der Waals surface area contributed by atoms with Crippen molar-refractivity contribution in [2.45, 2.75) is 31.0 Å². The zero-order valence-corrected chi connectivity index (χ0v) is 6.24. The minimum absolute atomic E-state index is 0.836. The molecular weight excluding hydrogens is 152 g/mol. The van der Waals surface area contributed by atoms with Gasteiger partial charge in [-0.1, -0.05) is 22.9 Å². The molecule has 1 saturated carbocycles. The van der Waals surface area contributed by atoms with E-state index in [2.05, 4.69) is 22.9 Å². The predicted molar refractivity (Wildman–Crippen MR) is 35.7 cm³/mol. The third-order valence-corrected chi connectivity index (χ3v) is 2.46. The van der Waals surface area contributed by atoms with Gasteiger partial charge in [0.25, 0.3) is 0 Å². The van der Waals surface area contributed by atoms with E-state index in [0.717, 1.165) is 10.7 Å². The maximum absolute atomic E-state index is 3.58. The van der Waals surface area contributed by atoms with E-state index < -0.39 is 0 Å². The van der Waals surface area contributed by atoms with Crippen molar-refractivity contribution < 1.29 is 0 Å².